The number of ether oxygens (including phenoxy) is 2. The van der Waals surface area contributed by atoms with Gasteiger partial charge in [0.2, 0.25) is 0 Å². The minimum absolute atomic E-state index is 0.169. The first-order chi connectivity index (χ1) is 11.2. The Labute approximate surface area is 142 Å². The molecule has 4 nitrogen and oxygen atoms in total. The molecule has 1 saturated heterocycles. The predicted octanol–water partition coefficient (Wildman–Crippen LogP) is 3.07. The van der Waals surface area contributed by atoms with Crippen LogP contribution in [0.1, 0.15) is 22.0 Å². The molecule has 1 aliphatic heterocycles. The molecule has 1 atom stereocenters. The van der Waals surface area contributed by atoms with Crippen LogP contribution in [0.3, 0.4) is 0 Å². The minimum atomic E-state index is 0.169. The van der Waals surface area contributed by atoms with Crippen LogP contribution < -0.4 is 14.8 Å². The van der Waals surface area contributed by atoms with Gasteiger partial charge in [-0.25, -0.2) is 0 Å². The zero-order valence-corrected chi connectivity index (χ0v) is 14.8. The van der Waals surface area contributed by atoms with E-state index in [4.69, 9.17) is 9.47 Å². The fourth-order valence-electron chi connectivity index (χ4n) is 3.23. The van der Waals surface area contributed by atoms with Crippen LogP contribution in [0.5, 0.6) is 11.5 Å². The van der Waals surface area contributed by atoms with E-state index in [1.165, 1.54) is 4.88 Å². The van der Waals surface area contributed by atoms with Crippen molar-refractivity contribution in [3.05, 3.63) is 45.6 Å². The molecule has 1 N–H and O–H groups in total. The number of benzene rings is 1. The van der Waals surface area contributed by atoms with Crippen molar-refractivity contribution >= 4 is 11.3 Å². The maximum atomic E-state index is 5.72. The van der Waals surface area contributed by atoms with E-state index in [2.05, 4.69) is 46.8 Å². The monoisotopic (exact) mass is 332 g/mol. The fraction of sp³-hybridized carbons (Fsp3) is 0.444. The van der Waals surface area contributed by atoms with Gasteiger partial charge in [0.1, 0.15) is 11.5 Å². The van der Waals surface area contributed by atoms with Crippen LogP contribution in [0.2, 0.25) is 0 Å². The molecular weight excluding hydrogens is 308 g/mol. The summed E-state index contributed by atoms with van der Waals surface area (Å²) in [5.74, 6) is 1.80. The van der Waals surface area contributed by atoms with Crippen LogP contribution in [0.15, 0.2) is 29.6 Å². The largest absolute Gasteiger partial charge is 0.496 e. The van der Waals surface area contributed by atoms with Crippen molar-refractivity contribution in [2.45, 2.75) is 13.0 Å². The highest BCUT2D eigenvalue weighted by Gasteiger charge is 2.30. The molecule has 0 saturated carbocycles. The van der Waals surface area contributed by atoms with Crippen molar-refractivity contribution in [1.29, 1.82) is 0 Å². The predicted molar refractivity (Wildman–Crippen MR) is 94.9 cm³/mol. The molecule has 3 rings (SSSR count). The number of thiophene rings is 1. The third-order valence-corrected chi connectivity index (χ3v) is 5.22. The van der Waals surface area contributed by atoms with Crippen molar-refractivity contribution < 1.29 is 9.47 Å². The summed E-state index contributed by atoms with van der Waals surface area (Å²) in [6.45, 7) is 6.13. The summed E-state index contributed by atoms with van der Waals surface area (Å²) in [4.78, 5) is 3.84. The number of piperazine rings is 1. The van der Waals surface area contributed by atoms with E-state index in [1.54, 1.807) is 25.6 Å². The van der Waals surface area contributed by atoms with Gasteiger partial charge in [0, 0.05) is 31.1 Å². The van der Waals surface area contributed by atoms with Gasteiger partial charge in [-0.2, -0.15) is 0 Å². The molecule has 2 aromatic rings. The highest BCUT2D eigenvalue weighted by atomic mass is 32.1. The maximum Gasteiger partial charge on any atom is 0.128 e. The number of nitrogens with zero attached hydrogens (tertiary/aromatic N) is 1. The smallest absolute Gasteiger partial charge is 0.128 e. The lowest BCUT2D eigenvalue weighted by atomic mass is 9.98. The molecule has 23 heavy (non-hydrogen) atoms. The highest BCUT2D eigenvalue weighted by molar-refractivity contribution is 7.10. The maximum absolute atomic E-state index is 5.72. The third kappa shape index (κ3) is 3.37. The van der Waals surface area contributed by atoms with Crippen molar-refractivity contribution in [3.63, 3.8) is 0 Å². The van der Waals surface area contributed by atoms with Crippen molar-refractivity contribution in [2.24, 2.45) is 0 Å². The lowest BCUT2D eigenvalue weighted by molar-refractivity contribution is 0.194. The lowest BCUT2D eigenvalue weighted by Crippen LogP contribution is -2.45. The first-order valence-corrected chi connectivity index (χ1v) is 8.83. The number of nitrogens with one attached hydrogen (secondary N) is 1. The van der Waals surface area contributed by atoms with Gasteiger partial charge < -0.3 is 14.8 Å². The van der Waals surface area contributed by atoms with Gasteiger partial charge in [-0.15, -0.1) is 11.3 Å². The quantitative estimate of drug-likeness (QED) is 0.912. The Bertz CT molecular complexity index is 611. The number of aryl methyl sites for hydroxylation is 1. The summed E-state index contributed by atoms with van der Waals surface area (Å²) in [5, 5.41) is 5.57. The topological polar surface area (TPSA) is 33.7 Å². The second-order valence-electron chi connectivity index (χ2n) is 5.79. The summed E-state index contributed by atoms with van der Waals surface area (Å²) in [5.41, 5.74) is 2.28. The number of hydrogen-bond donors (Lipinski definition) is 1. The molecule has 5 heteroatoms. The second-order valence-corrected chi connectivity index (χ2v) is 6.77. The third-order valence-electron chi connectivity index (χ3n) is 4.29. The number of methoxy groups -OCH3 is 2. The Morgan fingerprint density at radius 2 is 1.78 bits per heavy atom. The average Bonchev–Trinajstić information content (AvgIpc) is 3.11. The number of hydrogen-bond acceptors (Lipinski definition) is 5. The van der Waals surface area contributed by atoms with Crippen molar-refractivity contribution in [2.75, 3.05) is 40.4 Å². The molecule has 0 bridgehead atoms. The molecule has 1 fully saturated rings. The molecule has 1 aromatic carbocycles. The van der Waals surface area contributed by atoms with Gasteiger partial charge in [0.05, 0.1) is 25.8 Å². The SMILES string of the molecule is COc1cc(C)cc(OC)c1[C@@H](c1cccs1)N1CCNCC1. The van der Waals surface area contributed by atoms with Crippen molar-refractivity contribution in [3.8, 4) is 11.5 Å². The molecular formula is C18H24N2O2S. The summed E-state index contributed by atoms with van der Waals surface area (Å²) >= 11 is 1.79. The summed E-state index contributed by atoms with van der Waals surface area (Å²) in [7, 11) is 3.47. The molecule has 0 unspecified atom stereocenters. The Hall–Kier alpha value is -1.56. The van der Waals surface area contributed by atoms with Gasteiger partial charge in [-0.05, 0) is 36.1 Å². The zero-order valence-electron chi connectivity index (χ0n) is 14.0. The van der Waals surface area contributed by atoms with Gasteiger partial charge in [0.25, 0.3) is 0 Å². The van der Waals surface area contributed by atoms with Gasteiger partial charge >= 0.3 is 0 Å². The second kappa shape index (κ2) is 7.34. The summed E-state index contributed by atoms with van der Waals surface area (Å²) in [6, 6.07) is 8.68. The van der Waals surface area contributed by atoms with E-state index < -0.39 is 0 Å². The van der Waals surface area contributed by atoms with E-state index in [1.807, 2.05) is 0 Å². The average molecular weight is 332 g/mol. The first-order valence-electron chi connectivity index (χ1n) is 7.95. The molecule has 0 aliphatic carbocycles. The van der Waals surface area contributed by atoms with Crippen LogP contribution >= 0.6 is 11.3 Å². The normalized spacial score (nSPS) is 17.0. The van der Waals surface area contributed by atoms with Crippen LogP contribution in [0.25, 0.3) is 0 Å². The van der Waals surface area contributed by atoms with Gasteiger partial charge in [-0.1, -0.05) is 6.07 Å². The Balaban J connectivity index is 2.12. The first kappa shape index (κ1) is 16.3. The fourth-order valence-corrected chi connectivity index (χ4v) is 4.10. The molecule has 0 amide bonds. The molecule has 1 aromatic heterocycles. The van der Waals surface area contributed by atoms with Crippen LogP contribution in [-0.2, 0) is 0 Å². The zero-order chi connectivity index (χ0) is 16.2. The van der Waals surface area contributed by atoms with Crippen LogP contribution in [0.4, 0.5) is 0 Å². The molecule has 2 heterocycles. The Kier molecular flexibility index (Phi) is 5.20. The number of rotatable bonds is 5. The Morgan fingerprint density at radius 1 is 1.13 bits per heavy atom. The van der Waals surface area contributed by atoms with E-state index in [0.717, 1.165) is 48.8 Å². The van der Waals surface area contributed by atoms with E-state index >= 15 is 0 Å². The highest BCUT2D eigenvalue weighted by Crippen LogP contribution is 2.43. The standard InChI is InChI=1S/C18H24N2O2S/c1-13-11-14(21-2)17(15(12-13)22-3)18(16-5-4-10-23-16)20-8-6-19-7-9-20/h4-5,10-12,18-19H,6-9H2,1-3H3/t18-/m1/s1. The minimum Gasteiger partial charge on any atom is -0.496 e. The molecule has 124 valence electrons. The van der Waals surface area contributed by atoms with E-state index in [0.29, 0.717) is 0 Å². The summed E-state index contributed by atoms with van der Waals surface area (Å²) in [6.07, 6.45) is 0. The van der Waals surface area contributed by atoms with Crippen LogP contribution in [0, 0.1) is 6.92 Å². The summed E-state index contributed by atoms with van der Waals surface area (Å²) < 4.78 is 11.4. The van der Waals surface area contributed by atoms with Crippen molar-refractivity contribution in [1.82, 2.24) is 10.2 Å². The van der Waals surface area contributed by atoms with Gasteiger partial charge in [0.15, 0.2) is 0 Å². The molecule has 1 aliphatic rings. The van der Waals surface area contributed by atoms with E-state index in [-0.39, 0.29) is 6.04 Å². The Morgan fingerprint density at radius 3 is 2.30 bits per heavy atom. The van der Waals surface area contributed by atoms with Crippen LogP contribution in [-0.4, -0.2) is 45.3 Å². The van der Waals surface area contributed by atoms with Gasteiger partial charge in [-0.3, -0.25) is 4.90 Å². The lowest BCUT2D eigenvalue weighted by Gasteiger charge is -2.36. The molecule has 0 spiro atoms. The van der Waals surface area contributed by atoms with E-state index in [9.17, 15) is 0 Å². The molecule has 0 radical (unpaired) electrons.